The first-order valence-electron chi connectivity index (χ1n) is 6.34. The normalized spacial score (nSPS) is 11.9. The van der Waals surface area contributed by atoms with Crippen LogP contribution in [0.1, 0.15) is 25.5 Å². The van der Waals surface area contributed by atoms with Gasteiger partial charge in [-0.3, -0.25) is 0 Å². The fourth-order valence-electron chi connectivity index (χ4n) is 1.93. The summed E-state index contributed by atoms with van der Waals surface area (Å²) in [6.45, 7) is 4.83. The molecule has 18 heavy (non-hydrogen) atoms. The van der Waals surface area contributed by atoms with Crippen molar-refractivity contribution in [2.75, 3.05) is 11.9 Å². The minimum Gasteiger partial charge on any atom is -0.492 e. The van der Waals surface area contributed by atoms with Gasteiger partial charge in [-0.2, -0.15) is 0 Å². The molecule has 0 saturated heterocycles. The molecular weight excluding hydrogens is 222 g/mol. The zero-order valence-electron chi connectivity index (χ0n) is 10.9. The Balaban J connectivity index is 2.14. The highest BCUT2D eigenvalue weighted by Gasteiger charge is 2.07. The molecular formula is C16H19NO. The Hall–Kier alpha value is -1.96. The van der Waals surface area contributed by atoms with E-state index >= 15 is 0 Å². The van der Waals surface area contributed by atoms with Crippen molar-refractivity contribution in [2.24, 2.45) is 0 Å². The van der Waals surface area contributed by atoms with Crippen molar-refractivity contribution >= 4 is 5.69 Å². The third-order valence-electron chi connectivity index (χ3n) is 2.86. The molecule has 0 aliphatic rings. The highest BCUT2D eigenvalue weighted by molar-refractivity contribution is 5.57. The molecule has 0 heterocycles. The van der Waals surface area contributed by atoms with Gasteiger partial charge in [-0.05, 0) is 31.5 Å². The van der Waals surface area contributed by atoms with E-state index in [9.17, 15) is 0 Å². The van der Waals surface area contributed by atoms with Gasteiger partial charge in [-0.15, -0.1) is 0 Å². The van der Waals surface area contributed by atoms with Crippen LogP contribution in [0, 0.1) is 0 Å². The predicted octanol–water partition coefficient (Wildman–Crippen LogP) is 4.26. The minimum absolute atomic E-state index is 0.257. The Bertz CT molecular complexity index is 481. The molecule has 2 heteroatoms. The molecule has 94 valence electrons. The third kappa shape index (κ3) is 3.04. The van der Waals surface area contributed by atoms with Crippen LogP contribution in [0.2, 0.25) is 0 Å². The van der Waals surface area contributed by atoms with Gasteiger partial charge in [0, 0.05) is 6.04 Å². The highest BCUT2D eigenvalue weighted by Crippen LogP contribution is 2.27. The molecule has 0 saturated carbocycles. The zero-order valence-corrected chi connectivity index (χ0v) is 10.9. The van der Waals surface area contributed by atoms with Gasteiger partial charge in [0.05, 0.1) is 12.3 Å². The van der Waals surface area contributed by atoms with Crippen molar-refractivity contribution in [1.82, 2.24) is 0 Å². The Kier molecular flexibility index (Phi) is 4.24. The fourth-order valence-corrected chi connectivity index (χ4v) is 1.93. The van der Waals surface area contributed by atoms with Gasteiger partial charge in [-0.1, -0.05) is 42.5 Å². The quantitative estimate of drug-likeness (QED) is 0.844. The first-order valence-corrected chi connectivity index (χ1v) is 6.34. The van der Waals surface area contributed by atoms with E-state index in [1.54, 1.807) is 0 Å². The lowest BCUT2D eigenvalue weighted by atomic mass is 10.1. The SMILES string of the molecule is CCOc1ccccc1NC(C)c1ccccc1. The van der Waals surface area contributed by atoms with Crippen molar-refractivity contribution < 1.29 is 4.74 Å². The van der Waals surface area contributed by atoms with Gasteiger partial charge >= 0.3 is 0 Å². The average molecular weight is 241 g/mol. The molecule has 0 aliphatic carbocycles. The predicted molar refractivity (Wildman–Crippen MR) is 76.1 cm³/mol. The maximum absolute atomic E-state index is 5.61. The fraction of sp³-hybridized carbons (Fsp3) is 0.250. The Morgan fingerprint density at radius 2 is 1.67 bits per heavy atom. The molecule has 2 nitrogen and oxygen atoms in total. The summed E-state index contributed by atoms with van der Waals surface area (Å²) in [6.07, 6.45) is 0. The van der Waals surface area contributed by atoms with E-state index in [4.69, 9.17) is 4.74 Å². The van der Waals surface area contributed by atoms with E-state index in [-0.39, 0.29) is 6.04 Å². The zero-order chi connectivity index (χ0) is 12.8. The van der Waals surface area contributed by atoms with Crippen LogP contribution in [0.15, 0.2) is 54.6 Å². The van der Waals surface area contributed by atoms with Gasteiger partial charge in [0.2, 0.25) is 0 Å². The lowest BCUT2D eigenvalue weighted by molar-refractivity contribution is 0.341. The van der Waals surface area contributed by atoms with E-state index in [2.05, 4.69) is 36.5 Å². The van der Waals surface area contributed by atoms with E-state index < -0.39 is 0 Å². The topological polar surface area (TPSA) is 21.3 Å². The van der Waals surface area contributed by atoms with Crippen LogP contribution in [-0.2, 0) is 0 Å². The van der Waals surface area contributed by atoms with Crippen LogP contribution in [-0.4, -0.2) is 6.61 Å². The number of hydrogen-bond acceptors (Lipinski definition) is 2. The largest absolute Gasteiger partial charge is 0.492 e. The number of hydrogen-bond donors (Lipinski definition) is 1. The number of para-hydroxylation sites is 2. The van der Waals surface area contributed by atoms with Crippen molar-refractivity contribution in [1.29, 1.82) is 0 Å². The van der Waals surface area contributed by atoms with Gasteiger partial charge in [0.25, 0.3) is 0 Å². The van der Waals surface area contributed by atoms with E-state index in [1.807, 2.05) is 37.3 Å². The average Bonchev–Trinajstić information content (AvgIpc) is 2.42. The molecule has 2 aromatic rings. The number of rotatable bonds is 5. The summed E-state index contributed by atoms with van der Waals surface area (Å²) in [5, 5.41) is 3.49. The number of benzene rings is 2. The van der Waals surface area contributed by atoms with Crippen LogP contribution in [0.4, 0.5) is 5.69 Å². The molecule has 0 spiro atoms. The summed E-state index contributed by atoms with van der Waals surface area (Å²) in [4.78, 5) is 0. The van der Waals surface area contributed by atoms with Gasteiger partial charge in [-0.25, -0.2) is 0 Å². The molecule has 2 rings (SSSR count). The molecule has 0 aliphatic heterocycles. The second-order valence-electron chi connectivity index (χ2n) is 4.21. The third-order valence-corrected chi connectivity index (χ3v) is 2.86. The number of nitrogens with one attached hydrogen (secondary N) is 1. The van der Waals surface area contributed by atoms with Crippen LogP contribution in [0.5, 0.6) is 5.75 Å². The summed E-state index contributed by atoms with van der Waals surface area (Å²) < 4.78 is 5.61. The van der Waals surface area contributed by atoms with Crippen molar-refractivity contribution in [3.63, 3.8) is 0 Å². The molecule has 2 aromatic carbocycles. The summed E-state index contributed by atoms with van der Waals surface area (Å²) in [5.74, 6) is 0.905. The molecule has 1 N–H and O–H groups in total. The first-order chi connectivity index (χ1) is 8.81. The number of ether oxygens (including phenoxy) is 1. The Morgan fingerprint density at radius 1 is 1.00 bits per heavy atom. The lowest BCUT2D eigenvalue weighted by Gasteiger charge is -2.18. The Labute approximate surface area is 109 Å². The highest BCUT2D eigenvalue weighted by atomic mass is 16.5. The maximum atomic E-state index is 5.61. The molecule has 0 bridgehead atoms. The van der Waals surface area contributed by atoms with Crippen LogP contribution >= 0.6 is 0 Å². The summed E-state index contributed by atoms with van der Waals surface area (Å²) >= 11 is 0. The second-order valence-corrected chi connectivity index (χ2v) is 4.21. The molecule has 0 fully saturated rings. The van der Waals surface area contributed by atoms with Crippen molar-refractivity contribution in [3.05, 3.63) is 60.2 Å². The molecule has 1 atom stereocenters. The smallest absolute Gasteiger partial charge is 0.142 e. The second kappa shape index (κ2) is 6.10. The summed E-state index contributed by atoms with van der Waals surface area (Å²) in [5.41, 5.74) is 2.31. The van der Waals surface area contributed by atoms with E-state index in [0.29, 0.717) is 6.61 Å². The molecule has 0 amide bonds. The van der Waals surface area contributed by atoms with Gasteiger partial charge in [0.15, 0.2) is 0 Å². The molecule has 0 aromatic heterocycles. The standard InChI is InChI=1S/C16H19NO/c1-3-18-16-12-8-7-11-15(16)17-13(2)14-9-5-4-6-10-14/h4-13,17H,3H2,1-2H3. The number of anilines is 1. The molecule has 0 radical (unpaired) electrons. The van der Waals surface area contributed by atoms with Crippen molar-refractivity contribution in [2.45, 2.75) is 19.9 Å². The lowest BCUT2D eigenvalue weighted by Crippen LogP contribution is -2.08. The summed E-state index contributed by atoms with van der Waals surface area (Å²) in [6, 6.07) is 18.7. The first kappa shape index (κ1) is 12.5. The van der Waals surface area contributed by atoms with Gasteiger partial charge in [0.1, 0.15) is 5.75 Å². The van der Waals surface area contributed by atoms with Gasteiger partial charge < -0.3 is 10.1 Å². The van der Waals surface area contributed by atoms with E-state index in [1.165, 1.54) is 5.56 Å². The van der Waals surface area contributed by atoms with Crippen molar-refractivity contribution in [3.8, 4) is 5.75 Å². The summed E-state index contributed by atoms with van der Waals surface area (Å²) in [7, 11) is 0. The van der Waals surface area contributed by atoms with Crippen LogP contribution in [0.25, 0.3) is 0 Å². The van der Waals surface area contributed by atoms with Crippen LogP contribution in [0.3, 0.4) is 0 Å². The van der Waals surface area contributed by atoms with Crippen LogP contribution < -0.4 is 10.1 Å². The minimum atomic E-state index is 0.257. The Morgan fingerprint density at radius 3 is 2.39 bits per heavy atom. The molecule has 1 unspecified atom stereocenters. The maximum Gasteiger partial charge on any atom is 0.142 e. The van der Waals surface area contributed by atoms with E-state index in [0.717, 1.165) is 11.4 Å². The monoisotopic (exact) mass is 241 g/mol.